The molecule has 25 heavy (non-hydrogen) atoms. The Morgan fingerprint density at radius 1 is 1.16 bits per heavy atom. The maximum Gasteiger partial charge on any atom is 0.232 e. The van der Waals surface area contributed by atoms with Gasteiger partial charge in [-0.1, -0.05) is 17.7 Å². The second kappa shape index (κ2) is 7.79. The Morgan fingerprint density at radius 2 is 1.88 bits per heavy atom. The van der Waals surface area contributed by atoms with Gasteiger partial charge < -0.3 is 5.32 Å². The number of hydrogen-bond acceptors (Lipinski definition) is 3. The number of sulfonamides is 1. The van der Waals surface area contributed by atoms with Crippen molar-refractivity contribution in [3.05, 3.63) is 59.1 Å². The summed E-state index contributed by atoms with van der Waals surface area (Å²) >= 11 is 5.87. The zero-order valence-electron chi connectivity index (χ0n) is 13.2. The van der Waals surface area contributed by atoms with Crippen molar-refractivity contribution in [1.29, 1.82) is 0 Å². The Kier molecular flexibility index (Phi) is 5.97. The van der Waals surface area contributed by atoms with E-state index in [4.69, 9.17) is 11.6 Å². The van der Waals surface area contributed by atoms with Crippen molar-refractivity contribution in [2.75, 3.05) is 22.4 Å². The number of nitrogens with zero attached hydrogens (tertiary/aromatic N) is 1. The van der Waals surface area contributed by atoms with Crippen molar-refractivity contribution < 1.29 is 22.0 Å². The summed E-state index contributed by atoms with van der Waals surface area (Å²) in [6.07, 6.45) is 0.833. The van der Waals surface area contributed by atoms with E-state index in [1.165, 1.54) is 12.1 Å². The molecule has 0 fully saturated rings. The Balaban J connectivity index is 2.07. The molecule has 1 N–H and O–H groups in total. The zero-order valence-corrected chi connectivity index (χ0v) is 14.7. The molecule has 0 aliphatic carbocycles. The Bertz CT molecular complexity index is 891. The fourth-order valence-corrected chi connectivity index (χ4v) is 3.22. The first-order valence-corrected chi connectivity index (χ1v) is 9.37. The maximum atomic E-state index is 13.1. The topological polar surface area (TPSA) is 66.5 Å². The summed E-state index contributed by atoms with van der Waals surface area (Å²) in [5.74, 6) is -2.65. The molecule has 1 amide bonds. The molecule has 2 aromatic rings. The van der Waals surface area contributed by atoms with E-state index >= 15 is 0 Å². The second-order valence-electron chi connectivity index (χ2n) is 5.24. The maximum absolute atomic E-state index is 13.1. The third kappa shape index (κ3) is 5.40. The van der Waals surface area contributed by atoms with Gasteiger partial charge in [-0.3, -0.25) is 9.10 Å². The number of halogens is 3. The average Bonchev–Trinajstić information content (AvgIpc) is 2.50. The molecule has 9 heteroatoms. The van der Waals surface area contributed by atoms with Crippen LogP contribution >= 0.6 is 11.6 Å². The van der Waals surface area contributed by atoms with Crippen LogP contribution in [0.4, 0.5) is 20.2 Å². The van der Waals surface area contributed by atoms with E-state index in [1.54, 1.807) is 18.2 Å². The lowest BCUT2D eigenvalue weighted by Gasteiger charge is -2.22. The molecular formula is C16H15ClF2N2O3S. The second-order valence-corrected chi connectivity index (χ2v) is 7.59. The van der Waals surface area contributed by atoms with Crippen LogP contribution in [0.1, 0.15) is 6.42 Å². The SMILES string of the molecule is CS(=O)(=O)N(CCC(=O)Nc1ccc(F)c(F)c1)c1cccc(Cl)c1. The highest BCUT2D eigenvalue weighted by atomic mass is 35.5. The fourth-order valence-electron chi connectivity index (χ4n) is 2.12. The molecule has 0 aliphatic heterocycles. The van der Waals surface area contributed by atoms with Gasteiger partial charge in [0.1, 0.15) is 0 Å². The van der Waals surface area contributed by atoms with Crippen molar-refractivity contribution >= 4 is 38.9 Å². The minimum atomic E-state index is -3.63. The van der Waals surface area contributed by atoms with Gasteiger partial charge in [-0.15, -0.1) is 0 Å². The summed E-state index contributed by atoms with van der Waals surface area (Å²) in [5, 5.41) is 2.75. The normalized spacial score (nSPS) is 11.2. The molecule has 2 aromatic carbocycles. The van der Waals surface area contributed by atoms with E-state index < -0.39 is 27.6 Å². The lowest BCUT2D eigenvalue weighted by Crippen LogP contribution is -2.33. The smallest absolute Gasteiger partial charge is 0.232 e. The summed E-state index contributed by atoms with van der Waals surface area (Å²) in [6, 6.07) is 9.16. The van der Waals surface area contributed by atoms with E-state index in [-0.39, 0.29) is 18.7 Å². The van der Waals surface area contributed by atoms with E-state index in [2.05, 4.69) is 5.32 Å². The standard InChI is InChI=1S/C16H15ClF2N2O3S/c1-25(23,24)21(13-4-2-3-11(17)9-13)8-7-16(22)20-12-5-6-14(18)15(19)10-12/h2-6,9-10H,7-8H2,1H3,(H,20,22). The molecule has 134 valence electrons. The predicted molar refractivity (Wildman–Crippen MR) is 93.2 cm³/mol. The number of nitrogens with one attached hydrogen (secondary N) is 1. The molecule has 0 aromatic heterocycles. The molecule has 0 unspecified atom stereocenters. The van der Waals surface area contributed by atoms with Gasteiger partial charge >= 0.3 is 0 Å². The molecule has 0 atom stereocenters. The number of anilines is 2. The van der Waals surface area contributed by atoms with Crippen LogP contribution in [0.2, 0.25) is 5.02 Å². The van der Waals surface area contributed by atoms with Gasteiger partial charge in [-0.05, 0) is 30.3 Å². The summed E-state index contributed by atoms with van der Waals surface area (Å²) in [5.41, 5.74) is 0.410. The summed E-state index contributed by atoms with van der Waals surface area (Å²) in [4.78, 5) is 12.0. The molecule has 0 saturated heterocycles. The Labute approximate surface area is 149 Å². The van der Waals surface area contributed by atoms with Crippen LogP contribution in [0.25, 0.3) is 0 Å². The van der Waals surface area contributed by atoms with Crippen molar-refractivity contribution in [2.45, 2.75) is 6.42 Å². The molecule has 0 bridgehead atoms. The third-order valence-corrected chi connectivity index (χ3v) is 4.67. The predicted octanol–water partition coefficient (Wildman–Crippen LogP) is 3.41. The first kappa shape index (κ1) is 19.1. The molecule has 0 heterocycles. The van der Waals surface area contributed by atoms with E-state index in [0.29, 0.717) is 10.7 Å². The van der Waals surface area contributed by atoms with Crippen molar-refractivity contribution in [3.8, 4) is 0 Å². The number of amides is 1. The molecule has 0 radical (unpaired) electrons. The van der Waals surface area contributed by atoms with Crippen molar-refractivity contribution in [2.24, 2.45) is 0 Å². The van der Waals surface area contributed by atoms with Gasteiger partial charge in [-0.2, -0.15) is 0 Å². The highest BCUT2D eigenvalue weighted by molar-refractivity contribution is 7.92. The molecule has 5 nitrogen and oxygen atoms in total. The van der Waals surface area contributed by atoms with Crippen LogP contribution in [0.15, 0.2) is 42.5 Å². The monoisotopic (exact) mass is 388 g/mol. The quantitative estimate of drug-likeness (QED) is 0.824. The van der Waals surface area contributed by atoms with Crippen LogP contribution in [-0.4, -0.2) is 27.1 Å². The number of carbonyl (C=O) groups is 1. The number of benzene rings is 2. The van der Waals surface area contributed by atoms with E-state index in [9.17, 15) is 22.0 Å². The number of carbonyl (C=O) groups excluding carboxylic acids is 1. The van der Waals surface area contributed by atoms with Gasteiger partial charge in [0.2, 0.25) is 15.9 Å². The van der Waals surface area contributed by atoms with Gasteiger partial charge in [0.15, 0.2) is 11.6 Å². The number of rotatable bonds is 6. The molecule has 2 rings (SSSR count). The van der Waals surface area contributed by atoms with Crippen molar-refractivity contribution in [3.63, 3.8) is 0 Å². The molecule has 0 saturated carbocycles. The third-order valence-electron chi connectivity index (χ3n) is 3.24. The van der Waals surface area contributed by atoms with Crippen LogP contribution < -0.4 is 9.62 Å². The van der Waals surface area contributed by atoms with E-state index in [1.807, 2.05) is 0 Å². The Morgan fingerprint density at radius 3 is 2.48 bits per heavy atom. The first-order chi connectivity index (χ1) is 11.7. The van der Waals surface area contributed by atoms with E-state index in [0.717, 1.165) is 22.7 Å². The van der Waals surface area contributed by atoms with Crippen LogP contribution in [0.3, 0.4) is 0 Å². The van der Waals surface area contributed by atoms with Crippen LogP contribution in [0.5, 0.6) is 0 Å². The lowest BCUT2D eigenvalue weighted by molar-refractivity contribution is -0.116. The highest BCUT2D eigenvalue weighted by Gasteiger charge is 2.19. The minimum Gasteiger partial charge on any atom is -0.326 e. The van der Waals surface area contributed by atoms with Gasteiger partial charge in [0, 0.05) is 29.7 Å². The molecule has 0 spiro atoms. The van der Waals surface area contributed by atoms with Gasteiger partial charge in [0.25, 0.3) is 0 Å². The van der Waals surface area contributed by atoms with Gasteiger partial charge in [0.05, 0.1) is 11.9 Å². The fraction of sp³-hybridized carbons (Fsp3) is 0.188. The summed E-state index contributed by atoms with van der Waals surface area (Å²) in [7, 11) is -3.63. The number of hydrogen-bond donors (Lipinski definition) is 1. The average molecular weight is 389 g/mol. The summed E-state index contributed by atoms with van der Waals surface area (Å²) < 4.78 is 51.0. The minimum absolute atomic E-state index is 0.0811. The van der Waals surface area contributed by atoms with Crippen LogP contribution in [-0.2, 0) is 14.8 Å². The van der Waals surface area contributed by atoms with Crippen molar-refractivity contribution in [1.82, 2.24) is 0 Å². The first-order valence-electron chi connectivity index (χ1n) is 7.15. The highest BCUT2D eigenvalue weighted by Crippen LogP contribution is 2.22. The van der Waals surface area contributed by atoms with Crippen LogP contribution in [0, 0.1) is 11.6 Å². The lowest BCUT2D eigenvalue weighted by atomic mass is 10.2. The Hall–Kier alpha value is -2.19. The molecule has 0 aliphatic rings. The zero-order chi connectivity index (χ0) is 18.6. The largest absolute Gasteiger partial charge is 0.326 e. The summed E-state index contributed by atoms with van der Waals surface area (Å²) in [6.45, 7) is -0.130. The van der Waals surface area contributed by atoms with Gasteiger partial charge in [-0.25, -0.2) is 17.2 Å². The molecular weight excluding hydrogens is 374 g/mol.